The van der Waals surface area contributed by atoms with E-state index in [9.17, 15) is 0 Å². The second-order valence-corrected chi connectivity index (χ2v) is 18.0. The molecule has 0 aliphatic heterocycles. The van der Waals surface area contributed by atoms with E-state index in [1.807, 2.05) is 0 Å². The lowest BCUT2D eigenvalue weighted by Gasteiger charge is -2.37. The Morgan fingerprint density at radius 2 is 0.723 bits per heavy atom. The van der Waals surface area contributed by atoms with Gasteiger partial charge in [-0.15, -0.1) is 0 Å². The minimum absolute atomic E-state index is 0.163. The zero-order chi connectivity index (χ0) is 43.5. The fourth-order valence-electron chi connectivity index (χ4n) is 11.3. The minimum atomic E-state index is -0.701. The van der Waals surface area contributed by atoms with Gasteiger partial charge in [0.15, 0.2) is 0 Å². The van der Waals surface area contributed by atoms with Gasteiger partial charge >= 0.3 is 0 Å². The van der Waals surface area contributed by atoms with E-state index in [1.165, 1.54) is 89.0 Å². The molecule has 10 aromatic rings. The van der Waals surface area contributed by atoms with Crippen molar-refractivity contribution in [3.8, 4) is 55.6 Å². The summed E-state index contributed by atoms with van der Waals surface area (Å²) in [6.07, 6.45) is 0. The van der Waals surface area contributed by atoms with Crippen molar-refractivity contribution in [3.05, 3.63) is 282 Å². The van der Waals surface area contributed by atoms with Crippen molar-refractivity contribution in [3.63, 3.8) is 0 Å². The molecule has 0 heterocycles. The fourth-order valence-corrected chi connectivity index (χ4v) is 11.3. The highest BCUT2D eigenvalue weighted by atomic mass is 15.1. The van der Waals surface area contributed by atoms with Crippen molar-refractivity contribution in [2.45, 2.75) is 24.7 Å². The van der Waals surface area contributed by atoms with Gasteiger partial charge in [-0.05, 0) is 114 Å². The van der Waals surface area contributed by atoms with Gasteiger partial charge in [-0.25, -0.2) is 0 Å². The van der Waals surface area contributed by atoms with Gasteiger partial charge in [0.2, 0.25) is 0 Å². The van der Waals surface area contributed by atoms with Gasteiger partial charge in [-0.3, -0.25) is 0 Å². The first-order chi connectivity index (χ1) is 32.0. The van der Waals surface area contributed by atoms with Crippen LogP contribution in [0.1, 0.15) is 47.2 Å². The average molecular weight is 830 g/mol. The molecule has 2 aliphatic carbocycles. The van der Waals surface area contributed by atoms with E-state index in [0.717, 1.165) is 17.1 Å². The maximum Gasteiger partial charge on any atom is 0.0726 e. The van der Waals surface area contributed by atoms with E-state index in [0.29, 0.717) is 0 Å². The van der Waals surface area contributed by atoms with Crippen LogP contribution in [0.4, 0.5) is 17.1 Å². The van der Waals surface area contributed by atoms with Crippen molar-refractivity contribution < 1.29 is 0 Å². The number of rotatable bonds is 8. The Morgan fingerprint density at radius 3 is 1.37 bits per heavy atom. The summed E-state index contributed by atoms with van der Waals surface area (Å²) in [6, 6.07) is 92.3. The predicted octanol–water partition coefficient (Wildman–Crippen LogP) is 16.8. The summed E-state index contributed by atoms with van der Waals surface area (Å²) < 4.78 is 0. The summed E-state index contributed by atoms with van der Waals surface area (Å²) in [7, 11) is 0. The number of nitrogens with zero attached hydrogens (tertiary/aromatic N) is 1. The molecule has 0 amide bonds. The van der Waals surface area contributed by atoms with E-state index in [2.05, 4.69) is 267 Å². The second kappa shape index (κ2) is 15.4. The highest BCUT2D eigenvalue weighted by Gasteiger charge is 2.49. The predicted molar refractivity (Wildman–Crippen MR) is 272 cm³/mol. The van der Waals surface area contributed by atoms with Crippen molar-refractivity contribution in [2.24, 2.45) is 0 Å². The molecule has 308 valence electrons. The lowest BCUT2D eigenvalue weighted by Crippen LogP contribution is -2.30. The van der Waals surface area contributed by atoms with Crippen LogP contribution >= 0.6 is 0 Å². The molecule has 0 saturated carbocycles. The molecule has 0 spiro atoms. The van der Waals surface area contributed by atoms with Gasteiger partial charge in [0, 0.05) is 22.4 Å². The molecule has 1 unspecified atom stereocenters. The van der Waals surface area contributed by atoms with Crippen LogP contribution in [0, 0.1) is 0 Å². The van der Waals surface area contributed by atoms with Crippen LogP contribution in [0.5, 0.6) is 0 Å². The molecule has 0 bridgehead atoms. The molecule has 0 radical (unpaired) electrons. The highest BCUT2D eigenvalue weighted by molar-refractivity contribution is 5.97. The van der Waals surface area contributed by atoms with Crippen molar-refractivity contribution in [1.29, 1.82) is 0 Å². The maximum atomic E-state index is 2.52. The lowest BCUT2D eigenvalue weighted by atomic mass is 9.64. The largest absolute Gasteiger partial charge is 0.310 e. The third-order valence-corrected chi connectivity index (χ3v) is 14.2. The first kappa shape index (κ1) is 38.7. The van der Waals surface area contributed by atoms with Crippen LogP contribution in [0.15, 0.2) is 249 Å². The zero-order valence-electron chi connectivity index (χ0n) is 36.6. The number of hydrogen-bond donors (Lipinski definition) is 0. The van der Waals surface area contributed by atoms with Crippen molar-refractivity contribution in [2.75, 3.05) is 4.90 Å². The van der Waals surface area contributed by atoms with Crippen LogP contribution in [0.25, 0.3) is 55.6 Å². The third kappa shape index (κ3) is 6.00. The summed E-state index contributed by atoms with van der Waals surface area (Å²) >= 11 is 0. The SMILES string of the molecule is CC1(C)c2ccccc2-c2ccc(N(c3ccc4c(c3)C(c3ccccc3)(c3ccccc3-c3ccccc3)c3c(-c5ccccc5)cccc3-4)c3ccccc3-c3ccccc3)cc21. The number of hydrogen-bond acceptors (Lipinski definition) is 1. The Kier molecular flexibility index (Phi) is 9.14. The van der Waals surface area contributed by atoms with Gasteiger partial charge in [0.25, 0.3) is 0 Å². The number of anilines is 3. The quantitative estimate of drug-likeness (QED) is 0.147. The molecule has 1 nitrogen and oxygen atoms in total. The minimum Gasteiger partial charge on any atom is -0.310 e. The molecule has 0 saturated heterocycles. The van der Waals surface area contributed by atoms with Gasteiger partial charge in [0.05, 0.1) is 11.1 Å². The Balaban J connectivity index is 1.19. The van der Waals surface area contributed by atoms with E-state index in [-0.39, 0.29) is 5.41 Å². The van der Waals surface area contributed by atoms with Crippen LogP contribution in [0.2, 0.25) is 0 Å². The summed E-state index contributed by atoms with van der Waals surface area (Å²) in [5.41, 5.74) is 22.6. The van der Waals surface area contributed by atoms with Crippen LogP contribution < -0.4 is 4.90 Å². The Hall–Kier alpha value is -8.00. The molecule has 10 aromatic carbocycles. The first-order valence-corrected chi connectivity index (χ1v) is 22.8. The number of para-hydroxylation sites is 1. The van der Waals surface area contributed by atoms with Gasteiger partial charge in [0.1, 0.15) is 0 Å². The average Bonchev–Trinajstić information content (AvgIpc) is 3.80. The number of benzene rings is 10. The Morgan fingerprint density at radius 1 is 0.292 bits per heavy atom. The third-order valence-electron chi connectivity index (χ3n) is 14.2. The smallest absolute Gasteiger partial charge is 0.0726 e. The van der Waals surface area contributed by atoms with Crippen molar-refractivity contribution in [1.82, 2.24) is 0 Å². The number of fused-ring (bicyclic) bond motifs is 6. The van der Waals surface area contributed by atoms with E-state index in [1.54, 1.807) is 0 Å². The second-order valence-electron chi connectivity index (χ2n) is 18.0. The van der Waals surface area contributed by atoms with Gasteiger partial charge in [-0.1, -0.05) is 232 Å². The summed E-state index contributed by atoms with van der Waals surface area (Å²) in [5.74, 6) is 0. The summed E-state index contributed by atoms with van der Waals surface area (Å²) in [6.45, 7) is 4.75. The Bertz CT molecular complexity index is 3390. The standard InChI is InChI=1S/C64H47N/c1-63(2)57-35-18-16-32-53(57)54-40-38-48(42-59(54)63)65(61-37-20-17-31-51(61)45-24-9-4-10-25-45)49-39-41-55-56-34-21-33-52(46-26-11-5-12-27-46)62(56)64(60(55)43-49,47-28-13-6-14-29-47)58-36-19-15-30-50(58)44-22-7-3-8-23-44/h3-43H,1-2H3. The van der Waals surface area contributed by atoms with E-state index >= 15 is 0 Å². The molecular weight excluding hydrogens is 783 g/mol. The van der Waals surface area contributed by atoms with Crippen LogP contribution in [0.3, 0.4) is 0 Å². The molecule has 2 aliphatic rings. The molecule has 1 heteroatoms. The van der Waals surface area contributed by atoms with Crippen molar-refractivity contribution >= 4 is 17.1 Å². The fraction of sp³-hybridized carbons (Fsp3) is 0.0625. The summed E-state index contributed by atoms with van der Waals surface area (Å²) in [5, 5.41) is 0. The molecule has 0 N–H and O–H groups in total. The topological polar surface area (TPSA) is 3.24 Å². The van der Waals surface area contributed by atoms with E-state index < -0.39 is 5.41 Å². The molecular formula is C64H47N. The zero-order valence-corrected chi connectivity index (χ0v) is 36.6. The van der Waals surface area contributed by atoms with Gasteiger partial charge in [-0.2, -0.15) is 0 Å². The van der Waals surface area contributed by atoms with E-state index in [4.69, 9.17) is 0 Å². The molecule has 12 rings (SSSR count). The Labute approximate surface area is 382 Å². The van der Waals surface area contributed by atoms with Gasteiger partial charge < -0.3 is 4.90 Å². The lowest BCUT2D eigenvalue weighted by molar-refractivity contribution is 0.660. The molecule has 0 aromatic heterocycles. The highest BCUT2D eigenvalue weighted by Crippen LogP contribution is 2.61. The first-order valence-electron chi connectivity index (χ1n) is 22.8. The monoisotopic (exact) mass is 829 g/mol. The summed E-state index contributed by atoms with van der Waals surface area (Å²) in [4.78, 5) is 2.52. The maximum absolute atomic E-state index is 2.52. The molecule has 1 atom stereocenters. The molecule has 65 heavy (non-hydrogen) atoms. The molecule has 0 fully saturated rings. The van der Waals surface area contributed by atoms with Crippen LogP contribution in [-0.4, -0.2) is 0 Å². The normalized spacial score (nSPS) is 15.1. The van der Waals surface area contributed by atoms with Crippen LogP contribution in [-0.2, 0) is 10.8 Å².